The minimum absolute atomic E-state index is 0.0891. The molecule has 10 nitrogen and oxygen atoms in total. The monoisotopic (exact) mass is 508 g/mol. The van der Waals surface area contributed by atoms with Gasteiger partial charge in [0.05, 0.1) is 22.6 Å². The number of anilines is 2. The third-order valence-corrected chi connectivity index (χ3v) is 6.88. The Labute approximate surface area is 213 Å². The number of amides is 2. The molecule has 5 rings (SSSR count). The van der Waals surface area contributed by atoms with Crippen LogP contribution in [0, 0.1) is 5.82 Å². The van der Waals surface area contributed by atoms with E-state index in [4.69, 9.17) is 4.74 Å². The zero-order valence-electron chi connectivity index (χ0n) is 20.9. The molecule has 2 aliphatic heterocycles. The Balaban J connectivity index is 1.50. The fourth-order valence-corrected chi connectivity index (χ4v) is 4.78. The number of carbonyl (C=O) groups excluding carboxylic acids is 2. The molecule has 1 saturated heterocycles. The highest BCUT2D eigenvalue weighted by Gasteiger charge is 2.31. The number of piperazine rings is 1. The fraction of sp³-hybridized carbons (Fsp3) is 0.346. The molecular weight excluding hydrogens is 479 g/mol. The van der Waals surface area contributed by atoms with E-state index in [0.717, 1.165) is 13.1 Å². The van der Waals surface area contributed by atoms with Gasteiger partial charge in [0.15, 0.2) is 11.6 Å². The molecule has 0 aliphatic carbocycles. The van der Waals surface area contributed by atoms with Gasteiger partial charge in [-0.05, 0) is 38.2 Å². The summed E-state index contributed by atoms with van der Waals surface area (Å²) >= 11 is 0. The predicted octanol–water partition coefficient (Wildman–Crippen LogP) is 1.96. The molecule has 3 aromatic rings. The van der Waals surface area contributed by atoms with Crippen LogP contribution in [0.3, 0.4) is 0 Å². The number of ether oxygens (including phenoxy) is 1. The third-order valence-electron chi connectivity index (χ3n) is 6.88. The number of hydrazine groups is 1. The van der Waals surface area contributed by atoms with Gasteiger partial charge < -0.3 is 24.4 Å². The van der Waals surface area contributed by atoms with E-state index in [1.54, 1.807) is 24.3 Å². The van der Waals surface area contributed by atoms with Crippen molar-refractivity contribution in [2.75, 3.05) is 57.2 Å². The van der Waals surface area contributed by atoms with E-state index in [0.29, 0.717) is 41.3 Å². The summed E-state index contributed by atoms with van der Waals surface area (Å²) in [6, 6.07) is 7.58. The molecule has 0 bridgehead atoms. The Hall–Kier alpha value is -4.12. The maximum atomic E-state index is 15.5. The summed E-state index contributed by atoms with van der Waals surface area (Å²) in [5.41, 5.74) is 6.25. The first-order valence-electron chi connectivity index (χ1n) is 12.1. The molecular formula is C26H29FN6O4. The fourth-order valence-electron chi connectivity index (χ4n) is 4.78. The molecule has 1 aromatic heterocycles. The van der Waals surface area contributed by atoms with Crippen LogP contribution in [0.4, 0.5) is 15.8 Å². The first-order chi connectivity index (χ1) is 17.8. The number of hydrogen-bond acceptors (Lipinski definition) is 7. The van der Waals surface area contributed by atoms with Crippen molar-refractivity contribution in [1.29, 1.82) is 0 Å². The highest BCUT2D eigenvalue weighted by molar-refractivity contribution is 6.00. The molecule has 0 spiro atoms. The second kappa shape index (κ2) is 9.74. The Kier molecular flexibility index (Phi) is 6.46. The Morgan fingerprint density at radius 3 is 2.59 bits per heavy atom. The average Bonchev–Trinajstić information content (AvgIpc) is 2.90. The zero-order valence-corrected chi connectivity index (χ0v) is 20.9. The molecule has 11 heteroatoms. The van der Waals surface area contributed by atoms with Crippen molar-refractivity contribution in [3.05, 3.63) is 63.7 Å². The number of aromatic nitrogens is 1. The van der Waals surface area contributed by atoms with Gasteiger partial charge in [0.2, 0.25) is 5.43 Å². The van der Waals surface area contributed by atoms with Crippen molar-refractivity contribution in [2.24, 2.45) is 0 Å². The Bertz CT molecular complexity index is 1450. The smallest absolute Gasteiger partial charge is 0.275 e. The van der Waals surface area contributed by atoms with E-state index in [9.17, 15) is 14.4 Å². The first kappa shape index (κ1) is 24.6. The summed E-state index contributed by atoms with van der Waals surface area (Å²) in [4.78, 5) is 42.5. The number of pyridine rings is 1. The highest BCUT2D eigenvalue weighted by Crippen LogP contribution is 2.42. The standard InChI is InChI=1S/C26H29FN6O4/c1-15-14-37-24-21-18(12-20(27)22(24)32-9-7-31(3)8-10-32)23(34)19(13-33(15)21)26(36)30-29-17-6-4-5-16(11-17)25(35)28-2/h4-6,11-13,15,29H,7-10,14H2,1-3H3,(H,28,35)(H,30,36). The summed E-state index contributed by atoms with van der Waals surface area (Å²) in [5, 5.41) is 2.63. The largest absolute Gasteiger partial charge is 0.487 e. The van der Waals surface area contributed by atoms with Gasteiger partial charge in [-0.25, -0.2) is 4.39 Å². The number of likely N-dealkylation sites (N-methyl/N-ethyl adjacent to an activating group) is 1. The highest BCUT2D eigenvalue weighted by atomic mass is 19.1. The number of halogens is 1. The van der Waals surface area contributed by atoms with Gasteiger partial charge in [-0.1, -0.05) is 6.07 Å². The van der Waals surface area contributed by atoms with Crippen LogP contribution in [0.5, 0.6) is 5.75 Å². The number of hydrogen-bond donors (Lipinski definition) is 3. The summed E-state index contributed by atoms with van der Waals surface area (Å²) in [6.45, 7) is 5.05. The van der Waals surface area contributed by atoms with Gasteiger partial charge in [-0.3, -0.25) is 25.2 Å². The SMILES string of the molecule is CNC(=O)c1cccc(NNC(=O)c2cn3c4c(c(N5CCN(C)CC5)c(F)cc4c2=O)OCC3C)c1. The van der Waals surface area contributed by atoms with E-state index in [1.807, 2.05) is 23.4 Å². The van der Waals surface area contributed by atoms with Crippen LogP contribution in [0.1, 0.15) is 33.7 Å². The van der Waals surface area contributed by atoms with Crippen molar-refractivity contribution in [3.8, 4) is 5.75 Å². The van der Waals surface area contributed by atoms with Crippen molar-refractivity contribution in [3.63, 3.8) is 0 Å². The Morgan fingerprint density at radius 2 is 1.86 bits per heavy atom. The average molecular weight is 509 g/mol. The summed E-state index contributed by atoms with van der Waals surface area (Å²) in [7, 11) is 3.55. The molecule has 2 amide bonds. The molecule has 1 fully saturated rings. The number of nitrogens with zero attached hydrogens (tertiary/aromatic N) is 3. The lowest BCUT2D eigenvalue weighted by molar-refractivity contribution is 0.0955. The van der Waals surface area contributed by atoms with Crippen LogP contribution in [0.25, 0.3) is 10.9 Å². The van der Waals surface area contributed by atoms with Crippen LogP contribution < -0.4 is 31.2 Å². The van der Waals surface area contributed by atoms with Gasteiger partial charge in [0.1, 0.15) is 17.9 Å². The van der Waals surface area contributed by atoms with Gasteiger partial charge in [0.25, 0.3) is 11.8 Å². The van der Waals surface area contributed by atoms with E-state index < -0.39 is 17.2 Å². The lowest BCUT2D eigenvalue weighted by Crippen LogP contribution is -2.45. The van der Waals surface area contributed by atoms with Crippen molar-refractivity contribution in [1.82, 2.24) is 20.2 Å². The van der Waals surface area contributed by atoms with Crippen molar-refractivity contribution in [2.45, 2.75) is 13.0 Å². The molecule has 37 heavy (non-hydrogen) atoms. The van der Waals surface area contributed by atoms with Gasteiger partial charge in [0, 0.05) is 45.0 Å². The van der Waals surface area contributed by atoms with Gasteiger partial charge in [-0.15, -0.1) is 0 Å². The first-order valence-corrected chi connectivity index (χ1v) is 12.1. The topological polar surface area (TPSA) is 108 Å². The molecule has 1 atom stereocenters. The molecule has 2 aliphatic rings. The van der Waals surface area contributed by atoms with E-state index in [-0.39, 0.29) is 29.5 Å². The van der Waals surface area contributed by atoms with E-state index in [1.165, 1.54) is 19.3 Å². The minimum Gasteiger partial charge on any atom is -0.487 e. The number of carbonyl (C=O) groups is 2. The number of rotatable bonds is 5. The zero-order chi connectivity index (χ0) is 26.3. The van der Waals surface area contributed by atoms with Crippen molar-refractivity contribution < 1.29 is 18.7 Å². The van der Waals surface area contributed by atoms with Crippen LogP contribution in [-0.2, 0) is 0 Å². The molecule has 194 valence electrons. The normalized spacial score (nSPS) is 17.3. The molecule has 3 N–H and O–H groups in total. The lowest BCUT2D eigenvalue weighted by atomic mass is 10.0. The summed E-state index contributed by atoms with van der Waals surface area (Å²) in [6.07, 6.45) is 1.50. The third kappa shape index (κ3) is 4.46. The van der Waals surface area contributed by atoms with Crippen molar-refractivity contribution >= 4 is 34.1 Å². The molecule has 2 aromatic carbocycles. The van der Waals surface area contributed by atoms with Gasteiger partial charge in [-0.2, -0.15) is 0 Å². The number of benzene rings is 2. The summed E-state index contributed by atoms with van der Waals surface area (Å²) < 4.78 is 23.3. The number of nitrogens with one attached hydrogen (secondary N) is 3. The maximum absolute atomic E-state index is 15.5. The Morgan fingerprint density at radius 1 is 1.11 bits per heavy atom. The predicted molar refractivity (Wildman–Crippen MR) is 139 cm³/mol. The molecule has 0 saturated carbocycles. The molecule has 1 unspecified atom stereocenters. The quantitative estimate of drug-likeness (QED) is 0.452. The second-order valence-corrected chi connectivity index (χ2v) is 9.40. The lowest BCUT2D eigenvalue weighted by Gasteiger charge is -2.37. The van der Waals surface area contributed by atoms with Crippen LogP contribution in [0.15, 0.2) is 41.3 Å². The molecule has 0 radical (unpaired) electrons. The second-order valence-electron chi connectivity index (χ2n) is 9.40. The van der Waals surface area contributed by atoms with Crippen LogP contribution in [0.2, 0.25) is 0 Å². The van der Waals surface area contributed by atoms with Crippen LogP contribution in [-0.4, -0.2) is 68.2 Å². The van der Waals surface area contributed by atoms with Gasteiger partial charge >= 0.3 is 0 Å². The maximum Gasteiger partial charge on any atom is 0.275 e. The molecule has 3 heterocycles. The van der Waals surface area contributed by atoms with Crippen LogP contribution >= 0.6 is 0 Å². The van der Waals surface area contributed by atoms with E-state index >= 15 is 4.39 Å². The summed E-state index contributed by atoms with van der Waals surface area (Å²) in [5.74, 6) is -1.16. The minimum atomic E-state index is -0.676. The van der Waals surface area contributed by atoms with E-state index in [2.05, 4.69) is 21.1 Å².